The van der Waals surface area contributed by atoms with Crippen LogP contribution in [-0.2, 0) is 4.79 Å². The summed E-state index contributed by atoms with van der Waals surface area (Å²) in [5, 5.41) is 3.41. The summed E-state index contributed by atoms with van der Waals surface area (Å²) in [6.45, 7) is 4.24. The molecule has 2 atom stereocenters. The van der Waals surface area contributed by atoms with Crippen LogP contribution in [0.4, 0.5) is 18.9 Å². The van der Waals surface area contributed by atoms with Gasteiger partial charge in [0.2, 0.25) is 5.91 Å². The maximum absolute atomic E-state index is 13.0. The highest BCUT2D eigenvalue weighted by Crippen LogP contribution is 2.31. The standard InChI is InChI=1S/C32H39F3N6O2/c1-4-25-20-28(36-24-9-7-23(8-10-24)31(43)40-19-14-26(21-40)38(2)3)37-30-27(6-5-16-41(25)30)22-12-17-39(18-13-22)29(42)11-15-32(33,34)35/h5-10,12,16,20,25-26,36H,4,11,13-15,17-19,21H2,1-3H3/t25-,26?/m1/s1. The molecule has 5 rings (SSSR count). The van der Waals surface area contributed by atoms with E-state index in [2.05, 4.69) is 28.1 Å². The molecule has 43 heavy (non-hydrogen) atoms. The fourth-order valence-electron chi connectivity index (χ4n) is 5.87. The van der Waals surface area contributed by atoms with Crippen LogP contribution < -0.4 is 5.32 Å². The van der Waals surface area contributed by atoms with Gasteiger partial charge in [0.1, 0.15) is 11.7 Å². The van der Waals surface area contributed by atoms with Gasteiger partial charge < -0.3 is 24.9 Å². The number of allylic oxidation sites excluding steroid dienone is 2. The molecule has 4 aliphatic heterocycles. The first-order valence-corrected chi connectivity index (χ1v) is 14.9. The molecular formula is C32H39F3N6O2. The van der Waals surface area contributed by atoms with Crippen molar-refractivity contribution in [2.24, 2.45) is 4.99 Å². The average molecular weight is 597 g/mol. The highest BCUT2D eigenvalue weighted by atomic mass is 19.4. The molecule has 4 aliphatic rings. The SMILES string of the molecule is CC[C@@H]1C=C(Nc2ccc(C(=O)N3CCC(N(C)C)C3)cc2)N=C2C(C3=CCN(C(=O)CCC(F)(F)F)CC3)=CC=CN21. The Balaban J connectivity index is 1.26. The van der Waals surface area contributed by atoms with Crippen LogP contribution in [0.3, 0.4) is 0 Å². The number of anilines is 1. The second kappa shape index (κ2) is 12.8. The van der Waals surface area contributed by atoms with Gasteiger partial charge in [0.05, 0.1) is 12.5 Å². The Bertz CT molecular complexity index is 1380. The Morgan fingerprint density at radius 3 is 2.51 bits per heavy atom. The lowest BCUT2D eigenvalue weighted by Crippen LogP contribution is -2.41. The molecule has 1 N–H and O–H groups in total. The zero-order valence-corrected chi connectivity index (χ0v) is 24.9. The molecule has 0 bridgehead atoms. The quantitative estimate of drug-likeness (QED) is 0.449. The molecule has 8 nitrogen and oxygen atoms in total. The Hall–Kier alpha value is -3.86. The molecule has 4 heterocycles. The molecule has 0 radical (unpaired) electrons. The summed E-state index contributed by atoms with van der Waals surface area (Å²) >= 11 is 0. The van der Waals surface area contributed by atoms with Crippen LogP contribution >= 0.6 is 0 Å². The van der Waals surface area contributed by atoms with Crippen molar-refractivity contribution in [1.82, 2.24) is 19.6 Å². The van der Waals surface area contributed by atoms with Gasteiger partial charge in [-0.15, -0.1) is 0 Å². The molecule has 0 saturated carbocycles. The number of fused-ring (bicyclic) bond motifs is 1. The van der Waals surface area contributed by atoms with E-state index in [1.165, 1.54) is 4.90 Å². The minimum absolute atomic E-state index is 0.0415. The van der Waals surface area contributed by atoms with Crippen LogP contribution in [0.15, 0.2) is 76.7 Å². The second-order valence-electron chi connectivity index (χ2n) is 11.6. The van der Waals surface area contributed by atoms with Gasteiger partial charge in [-0.25, -0.2) is 4.99 Å². The van der Waals surface area contributed by atoms with Crippen molar-refractivity contribution in [2.45, 2.75) is 57.3 Å². The number of carbonyl (C=O) groups excluding carboxylic acids is 2. The normalized spacial score (nSPS) is 22.2. The fourth-order valence-corrected chi connectivity index (χ4v) is 5.87. The van der Waals surface area contributed by atoms with E-state index in [0.717, 1.165) is 48.6 Å². The van der Waals surface area contributed by atoms with Crippen molar-refractivity contribution in [3.8, 4) is 0 Å². The molecule has 1 aromatic carbocycles. The lowest BCUT2D eigenvalue weighted by atomic mass is 9.94. The number of nitrogens with zero attached hydrogens (tertiary/aromatic N) is 5. The van der Waals surface area contributed by atoms with Crippen LogP contribution in [-0.4, -0.2) is 95.8 Å². The third kappa shape index (κ3) is 7.21. The zero-order valence-electron chi connectivity index (χ0n) is 24.9. The molecule has 1 fully saturated rings. The number of alkyl halides is 3. The minimum atomic E-state index is -4.34. The molecule has 1 saturated heterocycles. The maximum atomic E-state index is 13.0. The summed E-state index contributed by atoms with van der Waals surface area (Å²) < 4.78 is 37.7. The maximum Gasteiger partial charge on any atom is 0.389 e. The first kappa shape index (κ1) is 30.6. The average Bonchev–Trinajstić information content (AvgIpc) is 3.50. The number of rotatable bonds is 8. The van der Waals surface area contributed by atoms with E-state index >= 15 is 0 Å². The van der Waals surface area contributed by atoms with Gasteiger partial charge >= 0.3 is 6.18 Å². The van der Waals surface area contributed by atoms with Crippen LogP contribution in [0.2, 0.25) is 0 Å². The molecule has 0 aromatic heterocycles. The van der Waals surface area contributed by atoms with Crippen molar-refractivity contribution in [1.29, 1.82) is 0 Å². The first-order chi connectivity index (χ1) is 20.5. The first-order valence-electron chi connectivity index (χ1n) is 14.9. The van der Waals surface area contributed by atoms with E-state index in [1.807, 2.05) is 67.7 Å². The van der Waals surface area contributed by atoms with Crippen LogP contribution in [0.5, 0.6) is 0 Å². The largest absolute Gasteiger partial charge is 0.389 e. The summed E-state index contributed by atoms with van der Waals surface area (Å²) in [6, 6.07) is 7.93. The lowest BCUT2D eigenvalue weighted by molar-refractivity contribution is -0.148. The van der Waals surface area contributed by atoms with Gasteiger partial charge in [0.25, 0.3) is 5.91 Å². The number of benzene rings is 1. The van der Waals surface area contributed by atoms with E-state index in [4.69, 9.17) is 4.99 Å². The number of halogens is 3. The molecule has 1 aromatic rings. The number of amides is 2. The van der Waals surface area contributed by atoms with Gasteiger partial charge in [-0.05, 0) is 81.4 Å². The van der Waals surface area contributed by atoms with Crippen LogP contribution in [0.25, 0.3) is 0 Å². The van der Waals surface area contributed by atoms with Gasteiger partial charge in [-0.2, -0.15) is 13.2 Å². The number of nitrogens with one attached hydrogen (secondary N) is 1. The molecule has 0 aliphatic carbocycles. The van der Waals surface area contributed by atoms with Crippen LogP contribution in [0, 0.1) is 0 Å². The van der Waals surface area contributed by atoms with E-state index in [1.54, 1.807) is 0 Å². The Kier molecular flexibility index (Phi) is 9.10. The van der Waals surface area contributed by atoms with Crippen molar-refractivity contribution >= 4 is 23.3 Å². The fraction of sp³-hybridized carbons (Fsp3) is 0.469. The molecule has 1 unspecified atom stereocenters. The smallest absolute Gasteiger partial charge is 0.340 e. The molecule has 230 valence electrons. The number of amidine groups is 1. The van der Waals surface area contributed by atoms with E-state index in [9.17, 15) is 22.8 Å². The van der Waals surface area contributed by atoms with Gasteiger partial charge in [0, 0.05) is 61.7 Å². The van der Waals surface area contributed by atoms with Crippen molar-refractivity contribution in [3.63, 3.8) is 0 Å². The van der Waals surface area contributed by atoms with Crippen LogP contribution in [0.1, 0.15) is 49.4 Å². The summed E-state index contributed by atoms with van der Waals surface area (Å²) in [6.07, 6.45) is 6.36. The minimum Gasteiger partial charge on any atom is -0.340 e. The summed E-state index contributed by atoms with van der Waals surface area (Å²) in [4.78, 5) is 38.0. The third-order valence-electron chi connectivity index (χ3n) is 8.46. The van der Waals surface area contributed by atoms with Crippen molar-refractivity contribution in [3.05, 3.63) is 77.3 Å². The topological polar surface area (TPSA) is 71.5 Å². The number of likely N-dealkylation sites (tertiary alicyclic amines) is 1. The van der Waals surface area contributed by atoms with Crippen molar-refractivity contribution in [2.75, 3.05) is 45.6 Å². The highest BCUT2D eigenvalue weighted by Gasteiger charge is 2.32. The highest BCUT2D eigenvalue weighted by molar-refractivity contribution is 6.05. The number of likely N-dealkylation sites (N-methyl/N-ethyl adjacent to an activating group) is 1. The van der Waals surface area contributed by atoms with E-state index in [0.29, 0.717) is 30.4 Å². The number of carbonyl (C=O) groups is 2. The summed E-state index contributed by atoms with van der Waals surface area (Å²) in [5.74, 6) is 1.05. The predicted molar refractivity (Wildman–Crippen MR) is 161 cm³/mol. The van der Waals surface area contributed by atoms with Gasteiger partial charge in [0.15, 0.2) is 0 Å². The summed E-state index contributed by atoms with van der Waals surface area (Å²) in [7, 11) is 4.09. The van der Waals surface area contributed by atoms with Gasteiger partial charge in [-0.3, -0.25) is 9.59 Å². The summed E-state index contributed by atoms with van der Waals surface area (Å²) in [5.41, 5.74) is 3.44. The molecule has 11 heteroatoms. The van der Waals surface area contributed by atoms with Gasteiger partial charge in [-0.1, -0.05) is 13.0 Å². The predicted octanol–water partition coefficient (Wildman–Crippen LogP) is 5.16. The van der Waals surface area contributed by atoms with E-state index in [-0.39, 0.29) is 18.5 Å². The second-order valence-corrected chi connectivity index (χ2v) is 11.6. The monoisotopic (exact) mass is 596 g/mol. The molecule has 2 amide bonds. The number of hydrogen-bond acceptors (Lipinski definition) is 6. The zero-order chi connectivity index (χ0) is 30.7. The molecule has 0 spiro atoms. The van der Waals surface area contributed by atoms with Crippen molar-refractivity contribution < 1.29 is 22.8 Å². The molecular weight excluding hydrogens is 557 g/mol. The Morgan fingerprint density at radius 2 is 1.88 bits per heavy atom. The lowest BCUT2D eigenvalue weighted by Gasteiger charge is -2.37. The Labute approximate surface area is 250 Å². The third-order valence-corrected chi connectivity index (χ3v) is 8.46. The number of hydrogen-bond donors (Lipinski definition) is 1. The van der Waals surface area contributed by atoms with E-state index < -0.39 is 24.9 Å². The Morgan fingerprint density at radius 1 is 1.12 bits per heavy atom. The number of aliphatic imine (C=N–C) groups is 1.